The molecule has 1 aromatic carbocycles. The Bertz CT molecular complexity index is 692. The molecule has 0 amide bonds. The van der Waals surface area contributed by atoms with Crippen molar-refractivity contribution in [3.8, 4) is 5.69 Å². The van der Waals surface area contributed by atoms with Gasteiger partial charge >= 0.3 is 0 Å². The van der Waals surface area contributed by atoms with E-state index in [4.69, 9.17) is 0 Å². The fourth-order valence-electron chi connectivity index (χ4n) is 1.89. The molecule has 2 aromatic rings. The van der Waals surface area contributed by atoms with E-state index in [9.17, 15) is 18.0 Å². The Morgan fingerprint density at radius 3 is 2.56 bits per heavy atom. The quantitative estimate of drug-likeness (QED) is 0.809. The summed E-state index contributed by atoms with van der Waals surface area (Å²) in [6, 6.07) is 1.10. The fraction of sp³-hybridized carbons (Fsp3) is 0.182. The van der Waals surface area contributed by atoms with E-state index in [0.717, 1.165) is 4.68 Å². The number of H-pyrrole nitrogens is 1. The van der Waals surface area contributed by atoms with Gasteiger partial charge in [0.15, 0.2) is 17.5 Å². The molecule has 94 valence electrons. The van der Waals surface area contributed by atoms with Crippen molar-refractivity contribution in [1.29, 1.82) is 0 Å². The molecule has 0 aliphatic carbocycles. The van der Waals surface area contributed by atoms with E-state index in [1.807, 2.05) is 0 Å². The Morgan fingerprint density at radius 1 is 1.11 bits per heavy atom. The second kappa shape index (κ2) is 3.94. The van der Waals surface area contributed by atoms with Crippen LogP contribution in [0.1, 0.15) is 11.3 Å². The minimum absolute atomic E-state index is 0.307. The molecule has 0 saturated heterocycles. The van der Waals surface area contributed by atoms with E-state index >= 15 is 0 Å². The summed E-state index contributed by atoms with van der Waals surface area (Å²) in [6.45, 7) is 0. The monoisotopic (exact) mass is 272 g/mol. The van der Waals surface area contributed by atoms with Crippen LogP contribution in [-0.2, 0) is 11.5 Å². The third kappa shape index (κ3) is 1.58. The number of hydrogen-bond donors (Lipinski definition) is 1. The van der Waals surface area contributed by atoms with Crippen molar-refractivity contribution in [3.05, 3.63) is 51.2 Å². The summed E-state index contributed by atoms with van der Waals surface area (Å²) in [5, 5.41) is 2.72. The van der Waals surface area contributed by atoms with Crippen LogP contribution in [0.3, 0.4) is 0 Å². The van der Waals surface area contributed by atoms with Gasteiger partial charge in [0.1, 0.15) is 5.69 Å². The summed E-state index contributed by atoms with van der Waals surface area (Å²) in [5.74, 6) is -2.28. The van der Waals surface area contributed by atoms with Crippen molar-refractivity contribution < 1.29 is 13.2 Å². The summed E-state index contributed by atoms with van der Waals surface area (Å²) in [5.41, 5.74) is 0.538. The van der Waals surface area contributed by atoms with E-state index < -0.39 is 23.0 Å². The van der Waals surface area contributed by atoms with Crippen LogP contribution in [0.2, 0.25) is 0 Å². The molecule has 0 bridgehead atoms. The zero-order valence-electron chi connectivity index (χ0n) is 8.97. The molecule has 1 N–H and O–H groups in total. The lowest BCUT2D eigenvalue weighted by atomic mass is 10.2. The van der Waals surface area contributed by atoms with E-state index in [0.29, 0.717) is 34.9 Å². The average molecular weight is 272 g/mol. The van der Waals surface area contributed by atoms with Crippen molar-refractivity contribution in [1.82, 2.24) is 9.78 Å². The Balaban J connectivity index is 2.22. The zero-order valence-corrected chi connectivity index (χ0v) is 9.78. The van der Waals surface area contributed by atoms with E-state index in [2.05, 4.69) is 5.10 Å². The average Bonchev–Trinajstić information content (AvgIpc) is 2.88. The largest absolute Gasteiger partial charge is 0.294 e. The van der Waals surface area contributed by atoms with Gasteiger partial charge in [-0.2, -0.15) is 11.8 Å². The van der Waals surface area contributed by atoms with Gasteiger partial charge in [0.05, 0.1) is 11.3 Å². The van der Waals surface area contributed by atoms with Crippen LogP contribution in [0.4, 0.5) is 13.2 Å². The maximum atomic E-state index is 13.6. The predicted octanol–water partition coefficient (Wildman–Crippen LogP) is 2.33. The van der Waals surface area contributed by atoms with Crippen molar-refractivity contribution in [3.63, 3.8) is 0 Å². The van der Waals surface area contributed by atoms with Crippen LogP contribution >= 0.6 is 11.8 Å². The molecule has 3 rings (SSSR count). The third-order valence-electron chi connectivity index (χ3n) is 2.80. The maximum absolute atomic E-state index is 13.6. The molecular weight excluding hydrogens is 265 g/mol. The molecule has 0 saturated carbocycles. The summed E-state index contributed by atoms with van der Waals surface area (Å²) < 4.78 is 40.4. The van der Waals surface area contributed by atoms with Crippen LogP contribution in [-0.4, -0.2) is 9.78 Å². The molecular formula is C11H7F3N2OS. The highest BCUT2D eigenvalue weighted by Gasteiger charge is 2.22. The molecule has 0 fully saturated rings. The first-order valence-electron chi connectivity index (χ1n) is 5.13. The van der Waals surface area contributed by atoms with Gasteiger partial charge < -0.3 is 0 Å². The predicted molar refractivity (Wildman–Crippen MR) is 61.3 cm³/mol. The van der Waals surface area contributed by atoms with Crippen molar-refractivity contribution in [2.24, 2.45) is 0 Å². The highest BCUT2D eigenvalue weighted by Crippen LogP contribution is 2.27. The Kier molecular flexibility index (Phi) is 2.51. The standard InChI is InChI=1S/C11H7F3N2OS/c12-6-1-8(14)10(2-7(6)13)16-11(17)5-3-18-4-9(5)15-16/h1-2,15H,3-4H2. The molecule has 1 aliphatic rings. The Labute approximate surface area is 104 Å². The number of nitrogens with zero attached hydrogens (tertiary/aromatic N) is 1. The maximum Gasteiger partial charge on any atom is 0.275 e. The van der Waals surface area contributed by atoms with Crippen LogP contribution < -0.4 is 5.56 Å². The second-order valence-electron chi connectivity index (χ2n) is 3.92. The minimum Gasteiger partial charge on any atom is -0.294 e. The number of nitrogens with one attached hydrogen (secondary N) is 1. The number of aromatic amines is 1. The van der Waals surface area contributed by atoms with Gasteiger partial charge in [-0.3, -0.25) is 9.89 Å². The Morgan fingerprint density at radius 2 is 1.83 bits per heavy atom. The van der Waals surface area contributed by atoms with Crippen molar-refractivity contribution in [2.45, 2.75) is 11.5 Å². The number of hydrogen-bond acceptors (Lipinski definition) is 2. The van der Waals surface area contributed by atoms with Crippen LogP contribution in [0.5, 0.6) is 0 Å². The number of thioether (sulfide) groups is 1. The van der Waals surface area contributed by atoms with Crippen LogP contribution in [0.25, 0.3) is 5.69 Å². The molecule has 0 radical (unpaired) electrons. The highest BCUT2D eigenvalue weighted by atomic mass is 32.2. The van der Waals surface area contributed by atoms with Gasteiger partial charge in [0.2, 0.25) is 0 Å². The van der Waals surface area contributed by atoms with Crippen LogP contribution in [0.15, 0.2) is 16.9 Å². The fourth-order valence-corrected chi connectivity index (χ4v) is 2.94. The molecule has 2 heterocycles. The summed E-state index contributed by atoms with van der Waals surface area (Å²) >= 11 is 1.56. The lowest BCUT2D eigenvalue weighted by Crippen LogP contribution is -2.18. The minimum atomic E-state index is -1.28. The molecule has 0 unspecified atom stereocenters. The summed E-state index contributed by atoms with van der Waals surface area (Å²) in [4.78, 5) is 11.9. The molecule has 3 nitrogen and oxygen atoms in total. The first kappa shape index (κ1) is 11.5. The molecule has 1 aromatic heterocycles. The van der Waals surface area contributed by atoms with E-state index in [1.165, 1.54) is 0 Å². The van der Waals surface area contributed by atoms with Crippen LogP contribution in [0, 0.1) is 17.5 Å². The second-order valence-corrected chi connectivity index (χ2v) is 4.91. The number of rotatable bonds is 1. The number of aromatic nitrogens is 2. The van der Waals surface area contributed by atoms with E-state index in [-0.39, 0.29) is 5.69 Å². The zero-order chi connectivity index (χ0) is 12.9. The number of halogens is 3. The molecule has 1 aliphatic heterocycles. The molecule has 7 heteroatoms. The smallest absolute Gasteiger partial charge is 0.275 e. The molecule has 0 atom stereocenters. The summed E-state index contributed by atoms with van der Waals surface area (Å²) in [7, 11) is 0. The SMILES string of the molecule is O=c1c2c([nH]n1-c1cc(F)c(F)cc1F)CSC2. The van der Waals surface area contributed by atoms with Gasteiger partial charge in [-0.05, 0) is 0 Å². The van der Waals surface area contributed by atoms with Gasteiger partial charge in [-0.25, -0.2) is 17.9 Å². The van der Waals surface area contributed by atoms with Crippen molar-refractivity contribution >= 4 is 11.8 Å². The third-order valence-corrected chi connectivity index (χ3v) is 3.78. The van der Waals surface area contributed by atoms with Crippen molar-refractivity contribution in [2.75, 3.05) is 0 Å². The lowest BCUT2D eigenvalue weighted by molar-refractivity contribution is 0.491. The van der Waals surface area contributed by atoms with Gasteiger partial charge in [0, 0.05) is 23.6 Å². The topological polar surface area (TPSA) is 37.8 Å². The number of benzene rings is 1. The first-order chi connectivity index (χ1) is 8.58. The van der Waals surface area contributed by atoms with Gasteiger partial charge in [0.25, 0.3) is 5.56 Å². The van der Waals surface area contributed by atoms with E-state index in [1.54, 1.807) is 11.8 Å². The highest BCUT2D eigenvalue weighted by molar-refractivity contribution is 7.98. The summed E-state index contributed by atoms with van der Waals surface area (Å²) in [6.07, 6.45) is 0. The van der Waals surface area contributed by atoms with Gasteiger partial charge in [-0.15, -0.1) is 0 Å². The molecule has 0 spiro atoms. The molecule has 18 heavy (non-hydrogen) atoms. The lowest BCUT2D eigenvalue weighted by Gasteiger charge is -2.04. The van der Waals surface area contributed by atoms with Gasteiger partial charge in [-0.1, -0.05) is 0 Å². The number of fused-ring (bicyclic) bond motifs is 1. The normalized spacial score (nSPS) is 13.9. The first-order valence-corrected chi connectivity index (χ1v) is 6.29. The Hall–Kier alpha value is -1.63.